The second-order valence-corrected chi connectivity index (χ2v) is 10.1. The van der Waals surface area contributed by atoms with E-state index in [0.717, 1.165) is 22.5 Å². The summed E-state index contributed by atoms with van der Waals surface area (Å²) >= 11 is 5.98. The van der Waals surface area contributed by atoms with Crippen LogP contribution in [-0.4, -0.2) is 57.1 Å². The lowest BCUT2D eigenvalue weighted by molar-refractivity contribution is -0.139. The molecule has 0 unspecified atom stereocenters. The van der Waals surface area contributed by atoms with E-state index in [0.29, 0.717) is 23.9 Å². The maximum atomic E-state index is 13.5. The van der Waals surface area contributed by atoms with Crippen LogP contribution < -0.4 is 14.4 Å². The fraction of sp³-hybridized carbons (Fsp3) is 0.417. The largest absolute Gasteiger partial charge is 0.492 e. The van der Waals surface area contributed by atoms with Gasteiger partial charge in [-0.05, 0) is 50.1 Å². The monoisotopic (exact) mass is 509 g/mol. The Bertz CT molecular complexity index is 1080. The number of sulfonamides is 1. The molecule has 0 aliphatic heterocycles. The van der Waals surface area contributed by atoms with Crippen molar-refractivity contribution in [2.75, 3.05) is 30.3 Å². The van der Waals surface area contributed by atoms with Crippen molar-refractivity contribution in [3.8, 4) is 5.75 Å². The van der Waals surface area contributed by atoms with Crippen LogP contribution in [0.4, 0.5) is 5.69 Å². The second kappa shape index (κ2) is 12.6. The van der Waals surface area contributed by atoms with Crippen molar-refractivity contribution >= 4 is 39.1 Å². The lowest BCUT2D eigenvalue weighted by Crippen LogP contribution is -2.51. The van der Waals surface area contributed by atoms with Crippen LogP contribution in [0.15, 0.2) is 48.5 Å². The summed E-state index contributed by atoms with van der Waals surface area (Å²) in [6, 6.07) is 12.7. The molecule has 1 N–H and O–H groups in total. The van der Waals surface area contributed by atoms with E-state index in [1.54, 1.807) is 62.4 Å². The number of benzene rings is 2. The molecular weight excluding hydrogens is 478 g/mol. The zero-order valence-electron chi connectivity index (χ0n) is 20.0. The SMILES string of the molecule is CCCNC(=O)[C@H](C)N(Cc1ccc(Cl)cc1)C(=O)CN(c1ccccc1OCC)S(C)(=O)=O. The number of nitrogens with one attached hydrogen (secondary N) is 1. The molecule has 0 bridgehead atoms. The number of para-hydroxylation sites is 2. The fourth-order valence-electron chi connectivity index (χ4n) is 3.30. The van der Waals surface area contributed by atoms with E-state index in [-0.39, 0.29) is 18.1 Å². The van der Waals surface area contributed by atoms with Gasteiger partial charge in [-0.25, -0.2) is 8.42 Å². The second-order valence-electron chi connectivity index (χ2n) is 7.79. The van der Waals surface area contributed by atoms with Gasteiger partial charge in [0.15, 0.2) is 0 Å². The maximum absolute atomic E-state index is 13.5. The Morgan fingerprint density at radius 3 is 2.32 bits per heavy atom. The van der Waals surface area contributed by atoms with Gasteiger partial charge in [-0.1, -0.05) is 42.8 Å². The van der Waals surface area contributed by atoms with E-state index in [4.69, 9.17) is 16.3 Å². The van der Waals surface area contributed by atoms with E-state index in [2.05, 4.69) is 5.32 Å². The average molecular weight is 510 g/mol. The van der Waals surface area contributed by atoms with Crippen molar-refractivity contribution < 1.29 is 22.7 Å². The number of nitrogens with zero attached hydrogens (tertiary/aromatic N) is 2. The number of ether oxygens (including phenoxy) is 1. The highest BCUT2D eigenvalue weighted by Crippen LogP contribution is 2.30. The Balaban J connectivity index is 2.40. The third-order valence-corrected chi connectivity index (χ3v) is 6.47. The van der Waals surface area contributed by atoms with Crippen molar-refractivity contribution in [3.05, 3.63) is 59.1 Å². The third kappa shape index (κ3) is 7.63. The molecular formula is C24H32ClN3O5S. The van der Waals surface area contributed by atoms with E-state index >= 15 is 0 Å². The molecule has 186 valence electrons. The molecule has 0 aliphatic rings. The zero-order chi connectivity index (χ0) is 25.3. The number of carbonyl (C=O) groups is 2. The van der Waals surface area contributed by atoms with E-state index < -0.39 is 28.5 Å². The Kier molecular flexibility index (Phi) is 10.2. The van der Waals surface area contributed by atoms with Crippen molar-refractivity contribution in [1.29, 1.82) is 0 Å². The molecule has 2 amide bonds. The summed E-state index contributed by atoms with van der Waals surface area (Å²) in [5.74, 6) is -0.489. The predicted octanol–water partition coefficient (Wildman–Crippen LogP) is 3.45. The first-order chi connectivity index (χ1) is 16.1. The Morgan fingerprint density at radius 2 is 1.74 bits per heavy atom. The van der Waals surface area contributed by atoms with Gasteiger partial charge in [-0.15, -0.1) is 0 Å². The summed E-state index contributed by atoms with van der Waals surface area (Å²) in [5, 5.41) is 3.35. The molecule has 0 saturated heterocycles. The molecule has 0 heterocycles. The number of hydrogen-bond acceptors (Lipinski definition) is 5. The van der Waals surface area contributed by atoms with Gasteiger partial charge in [-0.2, -0.15) is 0 Å². The minimum Gasteiger partial charge on any atom is -0.492 e. The van der Waals surface area contributed by atoms with Crippen LogP contribution in [0.1, 0.15) is 32.8 Å². The fourth-order valence-corrected chi connectivity index (χ4v) is 4.28. The number of hydrogen-bond donors (Lipinski definition) is 1. The van der Waals surface area contributed by atoms with Gasteiger partial charge < -0.3 is 15.0 Å². The van der Waals surface area contributed by atoms with Crippen LogP contribution in [0, 0.1) is 0 Å². The van der Waals surface area contributed by atoms with Gasteiger partial charge in [-0.3, -0.25) is 13.9 Å². The van der Waals surface area contributed by atoms with Crippen molar-refractivity contribution in [2.45, 2.75) is 39.8 Å². The van der Waals surface area contributed by atoms with Crippen LogP contribution in [-0.2, 0) is 26.2 Å². The summed E-state index contributed by atoms with van der Waals surface area (Å²) < 4.78 is 32.0. The minimum absolute atomic E-state index is 0.113. The molecule has 8 nitrogen and oxygen atoms in total. The molecule has 2 rings (SSSR count). The molecule has 0 aliphatic carbocycles. The van der Waals surface area contributed by atoms with E-state index in [1.807, 2.05) is 6.92 Å². The molecule has 1 atom stereocenters. The van der Waals surface area contributed by atoms with Crippen LogP contribution in [0.3, 0.4) is 0 Å². The number of halogens is 1. The molecule has 0 saturated carbocycles. The average Bonchev–Trinajstić information content (AvgIpc) is 2.80. The van der Waals surface area contributed by atoms with Crippen molar-refractivity contribution in [2.24, 2.45) is 0 Å². The first-order valence-corrected chi connectivity index (χ1v) is 13.3. The quantitative estimate of drug-likeness (QED) is 0.472. The molecule has 0 spiro atoms. The summed E-state index contributed by atoms with van der Waals surface area (Å²) in [5.41, 5.74) is 1.02. The summed E-state index contributed by atoms with van der Waals surface area (Å²) in [6.45, 7) is 5.78. The van der Waals surface area contributed by atoms with Crippen LogP contribution in [0.2, 0.25) is 5.02 Å². The first kappa shape index (κ1) is 27.5. The highest BCUT2D eigenvalue weighted by Gasteiger charge is 2.31. The van der Waals surface area contributed by atoms with E-state index in [1.165, 1.54) is 4.90 Å². The zero-order valence-corrected chi connectivity index (χ0v) is 21.5. The molecule has 10 heteroatoms. The Hall–Kier alpha value is -2.78. The Labute approximate surface area is 206 Å². The van der Waals surface area contributed by atoms with Crippen LogP contribution in [0.5, 0.6) is 5.75 Å². The number of rotatable bonds is 12. The molecule has 2 aromatic rings. The number of anilines is 1. The van der Waals surface area contributed by atoms with E-state index in [9.17, 15) is 18.0 Å². The van der Waals surface area contributed by atoms with Gasteiger partial charge in [0.05, 0.1) is 18.6 Å². The normalized spacial score (nSPS) is 12.0. The molecule has 34 heavy (non-hydrogen) atoms. The standard InChI is InChI=1S/C24H32ClN3O5S/c1-5-15-26-24(30)18(3)27(16-19-11-13-20(25)14-12-19)23(29)17-28(34(4,31)32)21-9-7-8-10-22(21)33-6-2/h7-14,18H,5-6,15-17H2,1-4H3,(H,26,30)/t18-/m0/s1. The first-order valence-electron chi connectivity index (χ1n) is 11.1. The lowest BCUT2D eigenvalue weighted by Gasteiger charge is -2.32. The highest BCUT2D eigenvalue weighted by atomic mass is 35.5. The minimum atomic E-state index is -3.84. The number of amides is 2. The van der Waals surface area contributed by atoms with Gasteiger partial charge in [0.25, 0.3) is 0 Å². The summed E-state index contributed by atoms with van der Waals surface area (Å²) in [6.07, 6.45) is 1.78. The van der Waals surface area contributed by atoms with Gasteiger partial charge in [0, 0.05) is 18.1 Å². The third-order valence-electron chi connectivity index (χ3n) is 5.10. The maximum Gasteiger partial charge on any atom is 0.244 e. The topological polar surface area (TPSA) is 96.0 Å². The predicted molar refractivity (Wildman–Crippen MR) is 135 cm³/mol. The Morgan fingerprint density at radius 1 is 1.09 bits per heavy atom. The van der Waals surface area contributed by atoms with Gasteiger partial charge in [0.2, 0.25) is 21.8 Å². The smallest absolute Gasteiger partial charge is 0.244 e. The van der Waals surface area contributed by atoms with Crippen molar-refractivity contribution in [3.63, 3.8) is 0 Å². The highest BCUT2D eigenvalue weighted by molar-refractivity contribution is 7.92. The van der Waals surface area contributed by atoms with Crippen LogP contribution in [0.25, 0.3) is 0 Å². The van der Waals surface area contributed by atoms with Gasteiger partial charge in [0.1, 0.15) is 18.3 Å². The summed E-state index contributed by atoms with van der Waals surface area (Å²) in [7, 11) is -3.84. The van der Waals surface area contributed by atoms with Crippen molar-refractivity contribution in [1.82, 2.24) is 10.2 Å². The summed E-state index contributed by atoms with van der Waals surface area (Å²) in [4.78, 5) is 27.6. The van der Waals surface area contributed by atoms with Gasteiger partial charge >= 0.3 is 0 Å². The molecule has 0 radical (unpaired) electrons. The number of carbonyl (C=O) groups excluding carboxylic acids is 2. The molecule has 0 fully saturated rings. The van der Waals surface area contributed by atoms with Crippen LogP contribution >= 0.6 is 11.6 Å². The lowest BCUT2D eigenvalue weighted by atomic mass is 10.1. The molecule has 0 aromatic heterocycles. The molecule has 2 aromatic carbocycles.